The molecule has 0 aromatic rings. The molecule has 0 radical (unpaired) electrons. The van der Waals surface area contributed by atoms with Crippen LogP contribution in [0, 0.1) is 11.8 Å². The summed E-state index contributed by atoms with van der Waals surface area (Å²) in [4.78, 5) is 0. The molecule has 0 atom stereocenters. The van der Waals surface area contributed by atoms with Gasteiger partial charge in [0.25, 0.3) is 0 Å². The maximum absolute atomic E-state index is 11.7. The predicted octanol–water partition coefficient (Wildman–Crippen LogP) is 1.13. The van der Waals surface area contributed by atoms with E-state index in [4.69, 9.17) is 4.74 Å². The lowest BCUT2D eigenvalue weighted by molar-refractivity contribution is 0.0723. The summed E-state index contributed by atoms with van der Waals surface area (Å²) in [5, 5.41) is 0. The van der Waals surface area contributed by atoms with Gasteiger partial charge in [0.05, 0.1) is 5.75 Å². The third-order valence-corrected chi connectivity index (χ3v) is 4.92. The number of nitrogens with one attached hydrogen (secondary N) is 1. The zero-order valence-electron chi connectivity index (χ0n) is 9.65. The Labute approximate surface area is 97.8 Å². The molecule has 1 N–H and O–H groups in total. The van der Waals surface area contributed by atoms with Crippen LogP contribution in [0.3, 0.4) is 0 Å². The van der Waals surface area contributed by atoms with E-state index in [9.17, 15) is 8.42 Å². The third kappa shape index (κ3) is 4.39. The van der Waals surface area contributed by atoms with E-state index >= 15 is 0 Å². The Kier molecular flexibility index (Phi) is 4.21. The van der Waals surface area contributed by atoms with Crippen LogP contribution in [-0.2, 0) is 14.8 Å². The lowest BCUT2D eigenvalue weighted by Gasteiger charge is -2.21. The van der Waals surface area contributed by atoms with Crippen LogP contribution in [0.15, 0.2) is 0 Å². The summed E-state index contributed by atoms with van der Waals surface area (Å²) in [6.45, 7) is 2.04. The van der Waals surface area contributed by atoms with Gasteiger partial charge in [0.2, 0.25) is 10.0 Å². The molecule has 2 aliphatic rings. The molecule has 2 rings (SSSR count). The fourth-order valence-corrected chi connectivity index (χ4v) is 3.61. The van der Waals surface area contributed by atoms with E-state index in [-0.39, 0.29) is 11.7 Å². The van der Waals surface area contributed by atoms with Gasteiger partial charge >= 0.3 is 0 Å². The summed E-state index contributed by atoms with van der Waals surface area (Å²) in [6.07, 6.45) is 5.32. The van der Waals surface area contributed by atoms with Crippen molar-refractivity contribution >= 4 is 10.0 Å². The fourth-order valence-electron chi connectivity index (χ4n) is 2.11. The molecular formula is C11H21NO3S. The van der Waals surface area contributed by atoms with Gasteiger partial charge in [-0.25, -0.2) is 13.1 Å². The molecule has 0 aromatic heterocycles. The highest BCUT2D eigenvalue weighted by atomic mass is 32.2. The van der Waals surface area contributed by atoms with Crippen LogP contribution in [0.2, 0.25) is 0 Å². The summed E-state index contributed by atoms with van der Waals surface area (Å²) < 4.78 is 31.4. The lowest BCUT2D eigenvalue weighted by atomic mass is 10.0. The first-order valence-electron chi connectivity index (χ1n) is 6.21. The Morgan fingerprint density at radius 3 is 2.38 bits per heavy atom. The standard InChI is InChI=1S/C11H21NO3S/c13-16(14,12-6-3-10-1-2-10)9-11-4-7-15-8-5-11/h10-12H,1-9H2. The molecule has 1 saturated heterocycles. The largest absolute Gasteiger partial charge is 0.381 e. The number of hydrogen-bond donors (Lipinski definition) is 1. The number of ether oxygens (including phenoxy) is 1. The van der Waals surface area contributed by atoms with Crippen molar-refractivity contribution in [1.29, 1.82) is 0 Å². The minimum atomic E-state index is -3.05. The minimum Gasteiger partial charge on any atom is -0.381 e. The molecule has 1 aliphatic carbocycles. The second kappa shape index (κ2) is 5.47. The van der Waals surface area contributed by atoms with Gasteiger partial charge in [-0.05, 0) is 31.1 Å². The maximum atomic E-state index is 11.7. The molecule has 0 aromatic carbocycles. The van der Waals surface area contributed by atoms with Crippen LogP contribution >= 0.6 is 0 Å². The van der Waals surface area contributed by atoms with Crippen LogP contribution in [0.25, 0.3) is 0 Å². The van der Waals surface area contributed by atoms with Crippen LogP contribution in [0.4, 0.5) is 0 Å². The Balaban J connectivity index is 1.68. The van der Waals surface area contributed by atoms with Crippen molar-refractivity contribution in [2.75, 3.05) is 25.5 Å². The van der Waals surface area contributed by atoms with Crippen molar-refractivity contribution < 1.29 is 13.2 Å². The molecule has 16 heavy (non-hydrogen) atoms. The third-order valence-electron chi connectivity index (χ3n) is 3.37. The zero-order chi connectivity index (χ0) is 11.4. The van der Waals surface area contributed by atoms with Crippen molar-refractivity contribution in [2.45, 2.75) is 32.1 Å². The molecule has 0 unspecified atom stereocenters. The van der Waals surface area contributed by atoms with E-state index in [2.05, 4.69) is 4.72 Å². The van der Waals surface area contributed by atoms with Crippen LogP contribution in [0.1, 0.15) is 32.1 Å². The maximum Gasteiger partial charge on any atom is 0.211 e. The molecular weight excluding hydrogens is 226 g/mol. The van der Waals surface area contributed by atoms with E-state index < -0.39 is 10.0 Å². The minimum absolute atomic E-state index is 0.279. The SMILES string of the molecule is O=S(=O)(CC1CCOCC1)NCCC1CC1. The fraction of sp³-hybridized carbons (Fsp3) is 1.00. The average Bonchev–Trinajstić information content (AvgIpc) is 3.02. The van der Waals surface area contributed by atoms with Gasteiger partial charge in [0.15, 0.2) is 0 Å². The Morgan fingerprint density at radius 2 is 1.75 bits per heavy atom. The zero-order valence-corrected chi connectivity index (χ0v) is 10.5. The smallest absolute Gasteiger partial charge is 0.211 e. The number of hydrogen-bond acceptors (Lipinski definition) is 3. The molecule has 1 saturated carbocycles. The lowest BCUT2D eigenvalue weighted by Crippen LogP contribution is -2.32. The molecule has 1 heterocycles. The van der Waals surface area contributed by atoms with Crippen molar-refractivity contribution in [1.82, 2.24) is 4.72 Å². The number of sulfonamides is 1. The molecule has 5 heteroatoms. The number of rotatable bonds is 6. The van der Waals surface area contributed by atoms with Gasteiger partial charge in [0, 0.05) is 19.8 Å². The quantitative estimate of drug-likeness (QED) is 0.765. The highest BCUT2D eigenvalue weighted by Crippen LogP contribution is 2.31. The summed E-state index contributed by atoms with van der Waals surface area (Å²) in [7, 11) is -3.05. The van der Waals surface area contributed by atoms with Gasteiger partial charge < -0.3 is 4.74 Å². The predicted molar refractivity (Wildman–Crippen MR) is 62.7 cm³/mol. The van der Waals surface area contributed by atoms with E-state index in [0.717, 1.165) is 25.2 Å². The van der Waals surface area contributed by atoms with Crippen LogP contribution in [-0.4, -0.2) is 33.9 Å². The van der Waals surface area contributed by atoms with Crippen molar-refractivity contribution in [3.63, 3.8) is 0 Å². The normalized spacial score (nSPS) is 23.5. The van der Waals surface area contributed by atoms with Gasteiger partial charge in [-0.15, -0.1) is 0 Å². The molecule has 0 bridgehead atoms. The summed E-state index contributed by atoms with van der Waals surface area (Å²) in [5.74, 6) is 1.35. The summed E-state index contributed by atoms with van der Waals surface area (Å²) >= 11 is 0. The molecule has 0 amide bonds. The van der Waals surface area contributed by atoms with Crippen molar-refractivity contribution in [3.8, 4) is 0 Å². The molecule has 0 spiro atoms. The van der Waals surface area contributed by atoms with Crippen molar-refractivity contribution in [3.05, 3.63) is 0 Å². The highest BCUT2D eigenvalue weighted by Gasteiger charge is 2.24. The van der Waals surface area contributed by atoms with E-state index in [0.29, 0.717) is 19.8 Å². The summed E-state index contributed by atoms with van der Waals surface area (Å²) in [6, 6.07) is 0. The van der Waals surface area contributed by atoms with Gasteiger partial charge in [0.1, 0.15) is 0 Å². The molecule has 2 fully saturated rings. The Bertz CT molecular complexity index is 305. The topological polar surface area (TPSA) is 55.4 Å². The monoisotopic (exact) mass is 247 g/mol. The first-order valence-corrected chi connectivity index (χ1v) is 7.86. The molecule has 1 aliphatic heterocycles. The van der Waals surface area contributed by atoms with E-state index in [1.807, 2.05) is 0 Å². The van der Waals surface area contributed by atoms with E-state index in [1.54, 1.807) is 0 Å². The second-order valence-electron chi connectivity index (χ2n) is 4.96. The highest BCUT2D eigenvalue weighted by molar-refractivity contribution is 7.89. The molecule has 94 valence electrons. The Morgan fingerprint density at radius 1 is 1.06 bits per heavy atom. The molecule has 4 nitrogen and oxygen atoms in total. The van der Waals surface area contributed by atoms with Gasteiger partial charge in [-0.2, -0.15) is 0 Å². The van der Waals surface area contributed by atoms with Gasteiger partial charge in [-0.1, -0.05) is 12.8 Å². The van der Waals surface area contributed by atoms with Crippen LogP contribution < -0.4 is 4.72 Å². The summed E-state index contributed by atoms with van der Waals surface area (Å²) in [5.41, 5.74) is 0. The first kappa shape index (κ1) is 12.3. The first-order chi connectivity index (χ1) is 7.66. The van der Waals surface area contributed by atoms with E-state index in [1.165, 1.54) is 12.8 Å². The average molecular weight is 247 g/mol. The van der Waals surface area contributed by atoms with Crippen LogP contribution in [0.5, 0.6) is 0 Å². The van der Waals surface area contributed by atoms with Gasteiger partial charge in [-0.3, -0.25) is 0 Å². The second-order valence-corrected chi connectivity index (χ2v) is 6.82. The Hall–Kier alpha value is -0.130. The van der Waals surface area contributed by atoms with Crippen molar-refractivity contribution in [2.24, 2.45) is 11.8 Å².